The third-order valence-corrected chi connectivity index (χ3v) is 1.66. The van der Waals surface area contributed by atoms with Crippen molar-refractivity contribution in [2.24, 2.45) is 0 Å². The van der Waals surface area contributed by atoms with Crippen LogP contribution in [0.2, 0.25) is 0 Å². The Hall–Kier alpha value is -1.04. The van der Waals surface area contributed by atoms with Gasteiger partial charge in [0.05, 0.1) is 0 Å². The Bertz CT molecular complexity index is 237. The van der Waals surface area contributed by atoms with Gasteiger partial charge < -0.3 is 0 Å². The third kappa shape index (κ3) is 0.672. The standard InChI is InChI=1S/C9H8/c1-2-5-9-7-3-6-8(9)4-1/h1,3-7H,2H2. The topological polar surface area (TPSA) is 0 Å². The first kappa shape index (κ1) is 4.80. The van der Waals surface area contributed by atoms with E-state index in [1.165, 1.54) is 11.1 Å². The zero-order chi connectivity index (χ0) is 6.10. The fourth-order valence-electron chi connectivity index (χ4n) is 1.18. The lowest BCUT2D eigenvalue weighted by Crippen LogP contribution is -1.82. The molecule has 0 nitrogen and oxygen atoms in total. The van der Waals surface area contributed by atoms with Gasteiger partial charge in [-0.1, -0.05) is 36.5 Å². The van der Waals surface area contributed by atoms with E-state index in [9.17, 15) is 0 Å². The first-order valence-corrected chi connectivity index (χ1v) is 3.22. The van der Waals surface area contributed by atoms with Crippen molar-refractivity contribution in [3.05, 3.63) is 47.6 Å². The third-order valence-electron chi connectivity index (χ3n) is 1.66. The van der Waals surface area contributed by atoms with Crippen molar-refractivity contribution < 1.29 is 0 Å². The van der Waals surface area contributed by atoms with Crippen LogP contribution in [-0.4, -0.2) is 0 Å². The van der Waals surface area contributed by atoms with E-state index in [1.807, 2.05) is 0 Å². The number of hydrogen-bond donors (Lipinski definition) is 0. The summed E-state index contributed by atoms with van der Waals surface area (Å²) in [6, 6.07) is 0. The molecule has 0 saturated heterocycles. The Morgan fingerprint density at radius 2 is 2.11 bits per heavy atom. The van der Waals surface area contributed by atoms with Gasteiger partial charge in [0.2, 0.25) is 0 Å². The fraction of sp³-hybridized carbons (Fsp3) is 0.111. The van der Waals surface area contributed by atoms with Crippen LogP contribution in [0.1, 0.15) is 6.42 Å². The van der Waals surface area contributed by atoms with Gasteiger partial charge in [-0.15, -0.1) is 0 Å². The maximum absolute atomic E-state index is 2.25. The second kappa shape index (κ2) is 1.73. The molecule has 2 rings (SSSR count). The van der Waals surface area contributed by atoms with Crippen LogP contribution in [0, 0.1) is 0 Å². The zero-order valence-electron chi connectivity index (χ0n) is 5.17. The highest BCUT2D eigenvalue weighted by molar-refractivity contribution is 5.55. The predicted octanol–water partition coefficient (Wildman–Crippen LogP) is 2.37. The van der Waals surface area contributed by atoms with Crippen LogP contribution >= 0.6 is 0 Å². The average molecular weight is 116 g/mol. The number of allylic oxidation sites excluding steroid dienone is 8. The lowest BCUT2D eigenvalue weighted by Gasteiger charge is -2.01. The number of rotatable bonds is 0. The van der Waals surface area contributed by atoms with E-state index in [1.54, 1.807) is 0 Å². The predicted molar refractivity (Wildman–Crippen MR) is 39.1 cm³/mol. The van der Waals surface area contributed by atoms with Crippen LogP contribution in [-0.2, 0) is 0 Å². The minimum absolute atomic E-state index is 1.09. The Labute approximate surface area is 54.9 Å². The van der Waals surface area contributed by atoms with Crippen LogP contribution in [0.25, 0.3) is 0 Å². The highest BCUT2D eigenvalue weighted by atomic mass is 14.1. The van der Waals surface area contributed by atoms with Gasteiger partial charge in [0.15, 0.2) is 0 Å². The summed E-state index contributed by atoms with van der Waals surface area (Å²) >= 11 is 0. The Morgan fingerprint density at radius 1 is 1.11 bits per heavy atom. The lowest BCUT2D eigenvalue weighted by atomic mass is 10.0. The zero-order valence-corrected chi connectivity index (χ0v) is 5.17. The Morgan fingerprint density at radius 3 is 3.00 bits per heavy atom. The van der Waals surface area contributed by atoms with Gasteiger partial charge in [0, 0.05) is 0 Å². The summed E-state index contributed by atoms with van der Waals surface area (Å²) < 4.78 is 0. The van der Waals surface area contributed by atoms with E-state index >= 15 is 0 Å². The van der Waals surface area contributed by atoms with E-state index in [4.69, 9.17) is 0 Å². The molecule has 0 N–H and O–H groups in total. The molecule has 0 saturated carbocycles. The van der Waals surface area contributed by atoms with E-state index in [0.717, 1.165) is 6.42 Å². The SMILES string of the molecule is C1=CC2=CCC=CC2=C1. The van der Waals surface area contributed by atoms with Crippen molar-refractivity contribution in [3.63, 3.8) is 0 Å². The van der Waals surface area contributed by atoms with Gasteiger partial charge >= 0.3 is 0 Å². The quantitative estimate of drug-likeness (QED) is 0.455. The summed E-state index contributed by atoms with van der Waals surface area (Å²) in [6.07, 6.45) is 14.1. The smallest absolute Gasteiger partial charge is 0.0157 e. The molecule has 9 heavy (non-hydrogen) atoms. The van der Waals surface area contributed by atoms with E-state index in [2.05, 4.69) is 36.5 Å². The largest absolute Gasteiger partial charge is 0.0801 e. The summed E-state index contributed by atoms with van der Waals surface area (Å²) in [4.78, 5) is 0. The maximum Gasteiger partial charge on any atom is -0.0157 e. The molecule has 0 spiro atoms. The maximum atomic E-state index is 2.25. The molecule has 0 bridgehead atoms. The number of hydrogen-bond acceptors (Lipinski definition) is 0. The molecule has 2 aliphatic carbocycles. The van der Waals surface area contributed by atoms with Gasteiger partial charge in [-0.3, -0.25) is 0 Å². The van der Waals surface area contributed by atoms with Crippen molar-refractivity contribution in [2.45, 2.75) is 6.42 Å². The number of fused-ring (bicyclic) bond motifs is 1. The average Bonchev–Trinajstić information content (AvgIpc) is 2.33. The Kier molecular flexibility index (Phi) is 0.922. The molecule has 2 aliphatic rings. The molecule has 0 unspecified atom stereocenters. The van der Waals surface area contributed by atoms with Crippen molar-refractivity contribution in [1.82, 2.24) is 0 Å². The van der Waals surface area contributed by atoms with Gasteiger partial charge in [-0.2, -0.15) is 0 Å². The first-order chi connectivity index (χ1) is 4.47. The highest BCUT2D eigenvalue weighted by Crippen LogP contribution is 2.23. The van der Waals surface area contributed by atoms with Crippen molar-refractivity contribution in [1.29, 1.82) is 0 Å². The van der Waals surface area contributed by atoms with E-state index < -0.39 is 0 Å². The molecule has 0 heterocycles. The summed E-state index contributed by atoms with van der Waals surface area (Å²) in [5, 5.41) is 0. The van der Waals surface area contributed by atoms with Crippen LogP contribution < -0.4 is 0 Å². The molecule has 44 valence electrons. The van der Waals surface area contributed by atoms with Gasteiger partial charge in [0.25, 0.3) is 0 Å². The van der Waals surface area contributed by atoms with Crippen LogP contribution in [0.5, 0.6) is 0 Å². The van der Waals surface area contributed by atoms with E-state index in [-0.39, 0.29) is 0 Å². The fourth-order valence-corrected chi connectivity index (χ4v) is 1.18. The minimum Gasteiger partial charge on any atom is -0.0801 e. The molecule has 0 amide bonds. The molecular formula is C9H8. The first-order valence-electron chi connectivity index (χ1n) is 3.22. The second-order valence-corrected chi connectivity index (χ2v) is 2.28. The van der Waals surface area contributed by atoms with Gasteiger partial charge in [0.1, 0.15) is 0 Å². The molecule has 0 fully saturated rings. The van der Waals surface area contributed by atoms with Crippen LogP contribution in [0.15, 0.2) is 47.6 Å². The molecule has 0 radical (unpaired) electrons. The summed E-state index contributed by atoms with van der Waals surface area (Å²) in [7, 11) is 0. The molecule has 0 aromatic heterocycles. The molecule has 0 aromatic carbocycles. The van der Waals surface area contributed by atoms with Crippen LogP contribution in [0.3, 0.4) is 0 Å². The lowest BCUT2D eigenvalue weighted by molar-refractivity contribution is 1.31. The second-order valence-electron chi connectivity index (χ2n) is 2.28. The monoisotopic (exact) mass is 116 g/mol. The summed E-state index contributed by atoms with van der Waals surface area (Å²) in [5.41, 5.74) is 2.75. The summed E-state index contributed by atoms with van der Waals surface area (Å²) in [6.45, 7) is 0. The van der Waals surface area contributed by atoms with E-state index in [0.29, 0.717) is 0 Å². The normalized spacial score (nSPS) is 21.3. The molecule has 0 atom stereocenters. The molecule has 0 heteroatoms. The van der Waals surface area contributed by atoms with Gasteiger partial charge in [-0.05, 0) is 17.6 Å². The molecular weight excluding hydrogens is 108 g/mol. The molecule has 0 aromatic rings. The highest BCUT2D eigenvalue weighted by Gasteiger charge is 2.03. The van der Waals surface area contributed by atoms with Crippen molar-refractivity contribution >= 4 is 0 Å². The van der Waals surface area contributed by atoms with Crippen molar-refractivity contribution in [2.75, 3.05) is 0 Å². The van der Waals surface area contributed by atoms with Crippen molar-refractivity contribution in [3.8, 4) is 0 Å². The van der Waals surface area contributed by atoms with Crippen LogP contribution in [0.4, 0.5) is 0 Å². The molecule has 0 aliphatic heterocycles. The Balaban J connectivity index is 2.46. The minimum atomic E-state index is 1.09. The summed E-state index contributed by atoms with van der Waals surface area (Å²) in [5.74, 6) is 0. The van der Waals surface area contributed by atoms with Gasteiger partial charge in [-0.25, -0.2) is 0 Å².